The summed E-state index contributed by atoms with van der Waals surface area (Å²) in [5.41, 5.74) is 2.03. The summed E-state index contributed by atoms with van der Waals surface area (Å²) in [6.45, 7) is 1.87. The zero-order valence-corrected chi connectivity index (χ0v) is 24.0. The summed E-state index contributed by atoms with van der Waals surface area (Å²) in [6, 6.07) is 7.20. The number of cyclic esters (lactones) is 1. The minimum Gasteiger partial charge on any atom is -0.493 e. The molecule has 0 bridgehead atoms. The predicted octanol–water partition coefficient (Wildman–Crippen LogP) is 1.01. The molecule has 0 aromatic heterocycles. The van der Waals surface area contributed by atoms with E-state index in [2.05, 4.69) is 0 Å². The fourth-order valence-corrected chi connectivity index (χ4v) is 6.44. The van der Waals surface area contributed by atoms with Gasteiger partial charge >= 0.3 is 5.97 Å². The molecular formula is C30H36O13. The Balaban J connectivity index is 1.47. The number of hydrogen-bond acceptors (Lipinski definition) is 13. The molecule has 2 aromatic rings. The van der Waals surface area contributed by atoms with E-state index in [1.165, 1.54) is 14.2 Å². The van der Waals surface area contributed by atoms with E-state index >= 15 is 0 Å². The molecule has 4 aliphatic rings. The van der Waals surface area contributed by atoms with Gasteiger partial charge in [-0.25, -0.2) is 0 Å². The van der Waals surface area contributed by atoms with Gasteiger partial charge in [-0.05, 0) is 47.4 Å². The molecule has 1 aliphatic carbocycles. The van der Waals surface area contributed by atoms with E-state index < -0.39 is 67.1 Å². The minimum absolute atomic E-state index is 0.0150. The number of benzene rings is 2. The fourth-order valence-electron chi connectivity index (χ4n) is 6.44. The number of ether oxygens (including phenoxy) is 8. The highest BCUT2D eigenvalue weighted by Gasteiger charge is 2.55. The first-order valence-electron chi connectivity index (χ1n) is 14.3. The van der Waals surface area contributed by atoms with Crippen LogP contribution < -0.4 is 23.7 Å². The summed E-state index contributed by atoms with van der Waals surface area (Å²) in [6.07, 6.45) is -7.49. The SMILES string of the molecule is CCCOc1c(OC)cc([C@@H]2c3cc4c(cc3[C@H](O[C@@H]3O[C@H](CO)[C@@H](O)[C@H](O)[C@H]3O)[C@H]3COC(=O)[C@H]23)OCO4)cc1OC. The van der Waals surface area contributed by atoms with Gasteiger partial charge in [-0.1, -0.05) is 6.92 Å². The molecule has 6 rings (SSSR count). The lowest BCUT2D eigenvalue weighted by atomic mass is 9.66. The standard InChI is InChI=1S/C30H36O13/c1-4-5-38-28-19(36-2)6-13(7-20(28)37-3)22-14-8-17-18(41-12-40-17)9-15(14)27(16-11-39-29(35)23(16)22)43-30-26(34)25(33)24(32)21(10-31)42-30/h6-9,16,21-27,30-34H,4-5,10-12H2,1-3H3/t16-,21+,22+,23-,24+,25-,26+,27-,30-/m0/s1. The van der Waals surface area contributed by atoms with Crippen LogP contribution in [0.25, 0.3) is 0 Å². The summed E-state index contributed by atoms with van der Waals surface area (Å²) >= 11 is 0. The van der Waals surface area contributed by atoms with Crippen molar-refractivity contribution in [3.63, 3.8) is 0 Å². The van der Waals surface area contributed by atoms with Crippen molar-refractivity contribution in [2.75, 3.05) is 40.8 Å². The van der Waals surface area contributed by atoms with Crippen molar-refractivity contribution < 1.29 is 63.1 Å². The van der Waals surface area contributed by atoms with Gasteiger partial charge in [0.05, 0.1) is 46.1 Å². The number of fused-ring (bicyclic) bond motifs is 3. The summed E-state index contributed by atoms with van der Waals surface area (Å²) in [7, 11) is 3.06. The second-order valence-electron chi connectivity index (χ2n) is 11.0. The lowest BCUT2D eigenvalue weighted by molar-refractivity contribution is -0.317. The number of hydrogen-bond donors (Lipinski definition) is 4. The molecule has 0 unspecified atom stereocenters. The molecule has 43 heavy (non-hydrogen) atoms. The Morgan fingerprint density at radius 2 is 1.58 bits per heavy atom. The Bertz CT molecular complexity index is 1320. The average Bonchev–Trinajstić information content (AvgIpc) is 3.64. The van der Waals surface area contributed by atoms with Crippen molar-refractivity contribution in [2.24, 2.45) is 11.8 Å². The molecule has 2 aromatic carbocycles. The predicted molar refractivity (Wildman–Crippen MR) is 145 cm³/mol. The van der Waals surface area contributed by atoms with Crippen LogP contribution in [0.5, 0.6) is 28.7 Å². The Kier molecular flexibility index (Phi) is 8.28. The van der Waals surface area contributed by atoms with Gasteiger partial charge in [0.15, 0.2) is 29.3 Å². The van der Waals surface area contributed by atoms with Gasteiger partial charge in [-0.3, -0.25) is 4.79 Å². The second kappa shape index (κ2) is 12.0. The third-order valence-electron chi connectivity index (χ3n) is 8.54. The normalized spacial score (nSPS) is 32.5. The average molecular weight is 605 g/mol. The van der Waals surface area contributed by atoms with E-state index in [0.717, 1.165) is 6.42 Å². The summed E-state index contributed by atoms with van der Waals surface area (Å²) < 4.78 is 46.3. The number of aliphatic hydroxyl groups is 4. The van der Waals surface area contributed by atoms with Gasteiger partial charge in [0.2, 0.25) is 12.5 Å². The van der Waals surface area contributed by atoms with Gasteiger partial charge in [0.25, 0.3) is 0 Å². The second-order valence-corrected chi connectivity index (χ2v) is 11.0. The van der Waals surface area contributed by atoms with Crippen molar-refractivity contribution >= 4 is 5.97 Å². The highest BCUT2D eigenvalue weighted by Crippen LogP contribution is 2.57. The third-order valence-corrected chi connectivity index (χ3v) is 8.54. The van der Waals surface area contributed by atoms with Gasteiger partial charge in [0.1, 0.15) is 24.4 Å². The number of carbonyl (C=O) groups is 1. The molecule has 0 radical (unpaired) electrons. The maximum absolute atomic E-state index is 13.4. The summed E-state index contributed by atoms with van der Waals surface area (Å²) in [5, 5.41) is 41.1. The fraction of sp³-hybridized carbons (Fsp3) is 0.567. The number of carbonyl (C=O) groups excluding carboxylic acids is 1. The highest BCUT2D eigenvalue weighted by atomic mass is 16.7. The molecule has 234 valence electrons. The first-order chi connectivity index (χ1) is 20.8. The Labute approximate surface area is 247 Å². The molecule has 0 spiro atoms. The molecular weight excluding hydrogens is 568 g/mol. The number of methoxy groups -OCH3 is 2. The van der Waals surface area contributed by atoms with Crippen LogP contribution in [0, 0.1) is 11.8 Å². The topological polar surface area (TPSA) is 172 Å². The van der Waals surface area contributed by atoms with Gasteiger partial charge < -0.3 is 58.3 Å². The molecule has 2 fully saturated rings. The van der Waals surface area contributed by atoms with Crippen LogP contribution in [0.3, 0.4) is 0 Å². The summed E-state index contributed by atoms with van der Waals surface area (Å²) in [4.78, 5) is 13.4. The monoisotopic (exact) mass is 604 g/mol. The smallest absolute Gasteiger partial charge is 0.310 e. The van der Waals surface area contributed by atoms with E-state index in [0.29, 0.717) is 52.0 Å². The minimum atomic E-state index is -1.63. The molecule has 4 N–H and O–H groups in total. The Hall–Kier alpha value is -3.33. The van der Waals surface area contributed by atoms with Crippen LogP contribution >= 0.6 is 0 Å². The zero-order chi connectivity index (χ0) is 30.4. The third kappa shape index (κ3) is 5.03. The van der Waals surface area contributed by atoms with Crippen LogP contribution in [-0.4, -0.2) is 97.9 Å². The maximum atomic E-state index is 13.4. The van der Waals surface area contributed by atoms with E-state index in [4.69, 9.17) is 37.9 Å². The summed E-state index contributed by atoms with van der Waals surface area (Å²) in [5.74, 6) is 0.00798. The highest BCUT2D eigenvalue weighted by molar-refractivity contribution is 5.79. The molecule has 0 amide bonds. The molecule has 3 aliphatic heterocycles. The number of esters is 1. The van der Waals surface area contributed by atoms with Crippen molar-refractivity contribution in [2.45, 2.75) is 56.1 Å². The first kappa shape index (κ1) is 29.7. The van der Waals surface area contributed by atoms with E-state index in [1.54, 1.807) is 12.1 Å². The molecule has 13 nitrogen and oxygen atoms in total. The van der Waals surface area contributed by atoms with Crippen molar-refractivity contribution in [1.82, 2.24) is 0 Å². The largest absolute Gasteiger partial charge is 0.493 e. The van der Waals surface area contributed by atoms with Crippen molar-refractivity contribution in [1.29, 1.82) is 0 Å². The number of rotatable bonds is 9. The molecule has 13 heteroatoms. The van der Waals surface area contributed by atoms with Crippen molar-refractivity contribution in [3.8, 4) is 28.7 Å². The van der Waals surface area contributed by atoms with Gasteiger partial charge in [-0.15, -0.1) is 0 Å². The number of aliphatic hydroxyl groups excluding tert-OH is 4. The van der Waals surface area contributed by atoms with Crippen LogP contribution in [0.1, 0.15) is 42.1 Å². The van der Waals surface area contributed by atoms with E-state index in [9.17, 15) is 25.2 Å². The van der Waals surface area contributed by atoms with E-state index in [1.807, 2.05) is 19.1 Å². The molecule has 2 saturated heterocycles. The zero-order valence-electron chi connectivity index (χ0n) is 24.0. The Morgan fingerprint density at radius 3 is 2.21 bits per heavy atom. The lowest BCUT2D eigenvalue weighted by Gasteiger charge is -2.44. The maximum Gasteiger partial charge on any atom is 0.310 e. The lowest BCUT2D eigenvalue weighted by Crippen LogP contribution is -2.59. The quantitative estimate of drug-likeness (QED) is 0.299. The van der Waals surface area contributed by atoms with Crippen LogP contribution in [0.4, 0.5) is 0 Å². The molecule has 0 saturated carbocycles. The van der Waals surface area contributed by atoms with Crippen LogP contribution in [0.2, 0.25) is 0 Å². The van der Waals surface area contributed by atoms with Gasteiger partial charge in [0, 0.05) is 11.8 Å². The van der Waals surface area contributed by atoms with Crippen LogP contribution in [-0.2, 0) is 19.0 Å². The van der Waals surface area contributed by atoms with Crippen LogP contribution in [0.15, 0.2) is 24.3 Å². The molecule has 3 heterocycles. The first-order valence-corrected chi connectivity index (χ1v) is 14.3. The van der Waals surface area contributed by atoms with Gasteiger partial charge in [-0.2, -0.15) is 0 Å². The van der Waals surface area contributed by atoms with Crippen molar-refractivity contribution in [3.05, 3.63) is 41.0 Å². The Morgan fingerprint density at radius 1 is 0.907 bits per heavy atom. The molecule has 9 atom stereocenters. The van der Waals surface area contributed by atoms with E-state index in [-0.39, 0.29) is 13.4 Å².